The number of thioether (sulfide) groups is 1. The lowest BCUT2D eigenvalue weighted by Crippen LogP contribution is -2.50. The molecule has 1 aliphatic heterocycles. The van der Waals surface area contributed by atoms with E-state index in [1.165, 1.54) is 10.4 Å². The second-order valence-corrected chi connectivity index (χ2v) is 9.01. The summed E-state index contributed by atoms with van der Waals surface area (Å²) >= 11 is 6.84. The molecule has 1 atom stereocenters. The minimum atomic E-state index is -0.498. The van der Waals surface area contributed by atoms with E-state index in [9.17, 15) is 9.59 Å². The lowest BCUT2D eigenvalue weighted by Gasteiger charge is -2.31. The first-order valence-corrected chi connectivity index (χ1v) is 11.5. The first-order valence-electron chi connectivity index (χ1n) is 8.48. The second-order valence-electron chi connectivity index (χ2n) is 6.17. The molecule has 138 valence electrons. The summed E-state index contributed by atoms with van der Waals surface area (Å²) in [5, 5.41) is 5.03. The molecule has 0 bridgehead atoms. The molecular weight excluding hydrogens is 432 g/mol. The summed E-state index contributed by atoms with van der Waals surface area (Å²) in [5.41, 5.74) is 1.78. The molecule has 26 heavy (non-hydrogen) atoms. The monoisotopic (exact) mass is 452 g/mol. The predicted octanol–water partition coefficient (Wildman–Crippen LogP) is 3.95. The zero-order valence-electron chi connectivity index (χ0n) is 14.5. The van der Waals surface area contributed by atoms with Crippen LogP contribution in [0, 0.1) is 0 Å². The molecule has 0 aliphatic carbocycles. The zero-order chi connectivity index (χ0) is 18.5. The van der Waals surface area contributed by atoms with Gasteiger partial charge >= 0.3 is 0 Å². The molecule has 2 amide bonds. The third-order valence-corrected chi connectivity index (χ3v) is 6.81. The normalized spacial score (nSPS) is 14.6. The van der Waals surface area contributed by atoms with Gasteiger partial charge in [0.15, 0.2) is 0 Å². The fraction of sp³-hybridized carbons (Fsp3) is 0.368. The van der Waals surface area contributed by atoms with Gasteiger partial charge in [-0.15, -0.1) is 11.3 Å². The van der Waals surface area contributed by atoms with Crippen LogP contribution in [-0.4, -0.2) is 41.3 Å². The van der Waals surface area contributed by atoms with Crippen LogP contribution in [0.4, 0.5) is 0 Å². The van der Waals surface area contributed by atoms with Crippen LogP contribution in [0.1, 0.15) is 27.2 Å². The fourth-order valence-electron chi connectivity index (χ4n) is 3.03. The Kier molecular flexibility index (Phi) is 6.78. The van der Waals surface area contributed by atoms with Crippen LogP contribution in [0.2, 0.25) is 0 Å². The van der Waals surface area contributed by atoms with Crippen LogP contribution < -0.4 is 5.32 Å². The van der Waals surface area contributed by atoms with Crippen molar-refractivity contribution in [2.75, 3.05) is 18.6 Å². The number of rotatable bonds is 6. The van der Waals surface area contributed by atoms with Crippen molar-refractivity contribution in [3.63, 3.8) is 0 Å². The molecule has 1 unspecified atom stereocenters. The first-order chi connectivity index (χ1) is 12.6. The number of nitrogens with zero attached hydrogens (tertiary/aromatic N) is 1. The summed E-state index contributed by atoms with van der Waals surface area (Å²) in [6, 6.07) is 8.87. The van der Waals surface area contributed by atoms with Crippen molar-refractivity contribution < 1.29 is 9.59 Å². The molecule has 1 aromatic carbocycles. The van der Waals surface area contributed by atoms with E-state index in [1.807, 2.05) is 29.4 Å². The molecule has 0 saturated carbocycles. The third kappa shape index (κ3) is 4.50. The van der Waals surface area contributed by atoms with Crippen LogP contribution in [0.25, 0.3) is 0 Å². The maximum atomic E-state index is 13.1. The van der Waals surface area contributed by atoms with Crippen molar-refractivity contribution in [3.05, 3.63) is 56.2 Å². The summed E-state index contributed by atoms with van der Waals surface area (Å²) in [7, 11) is 0. The topological polar surface area (TPSA) is 49.4 Å². The van der Waals surface area contributed by atoms with Crippen LogP contribution in [-0.2, 0) is 17.8 Å². The molecule has 0 spiro atoms. The van der Waals surface area contributed by atoms with Gasteiger partial charge in [0.1, 0.15) is 6.04 Å². The lowest BCUT2D eigenvalue weighted by atomic mass is 10.1. The quantitative estimate of drug-likeness (QED) is 0.721. The van der Waals surface area contributed by atoms with E-state index < -0.39 is 6.04 Å². The Bertz CT molecular complexity index is 793. The minimum Gasteiger partial charge on any atom is -0.340 e. The highest BCUT2D eigenvalue weighted by Gasteiger charge is 2.29. The van der Waals surface area contributed by atoms with Crippen LogP contribution >= 0.6 is 39.0 Å². The number of thiophene rings is 1. The highest BCUT2D eigenvalue weighted by atomic mass is 79.9. The van der Waals surface area contributed by atoms with Crippen molar-refractivity contribution in [1.29, 1.82) is 0 Å². The van der Waals surface area contributed by atoms with E-state index in [0.717, 1.165) is 16.6 Å². The molecule has 2 aromatic rings. The smallest absolute Gasteiger partial charge is 0.253 e. The van der Waals surface area contributed by atoms with Gasteiger partial charge in [0.2, 0.25) is 5.91 Å². The van der Waals surface area contributed by atoms with Gasteiger partial charge in [-0.25, -0.2) is 0 Å². The molecule has 7 heteroatoms. The molecule has 0 fully saturated rings. The number of benzene rings is 1. The number of amides is 2. The molecule has 4 nitrogen and oxygen atoms in total. The van der Waals surface area contributed by atoms with Gasteiger partial charge in [0.05, 0.1) is 5.56 Å². The largest absolute Gasteiger partial charge is 0.340 e. The van der Waals surface area contributed by atoms with E-state index in [1.54, 1.807) is 29.2 Å². The van der Waals surface area contributed by atoms with Gasteiger partial charge in [0, 0.05) is 22.4 Å². The van der Waals surface area contributed by atoms with Gasteiger partial charge in [-0.1, -0.05) is 12.1 Å². The maximum Gasteiger partial charge on any atom is 0.253 e. The number of hydrogen-bond acceptors (Lipinski definition) is 4. The summed E-state index contributed by atoms with van der Waals surface area (Å²) in [6.07, 6.45) is 3.53. The summed E-state index contributed by atoms with van der Waals surface area (Å²) in [4.78, 5) is 29.0. The number of nitrogens with one attached hydrogen (secondary N) is 1. The van der Waals surface area contributed by atoms with Crippen molar-refractivity contribution in [2.24, 2.45) is 0 Å². The molecule has 0 radical (unpaired) electrons. The Morgan fingerprint density at radius 3 is 2.92 bits per heavy atom. The molecule has 2 heterocycles. The second kappa shape index (κ2) is 9.06. The van der Waals surface area contributed by atoms with Gasteiger partial charge in [-0.05, 0) is 69.9 Å². The number of carbonyl (C=O) groups is 2. The van der Waals surface area contributed by atoms with Crippen molar-refractivity contribution in [1.82, 2.24) is 10.2 Å². The predicted molar refractivity (Wildman–Crippen MR) is 112 cm³/mol. The number of carbonyl (C=O) groups excluding carboxylic acids is 2. The third-order valence-electron chi connectivity index (χ3n) is 4.45. The average molecular weight is 453 g/mol. The van der Waals surface area contributed by atoms with E-state index >= 15 is 0 Å². The van der Waals surface area contributed by atoms with Crippen LogP contribution in [0.15, 0.2) is 40.2 Å². The van der Waals surface area contributed by atoms with Gasteiger partial charge < -0.3 is 10.2 Å². The first kappa shape index (κ1) is 19.5. The fourth-order valence-corrected chi connectivity index (χ4v) is 4.86. The van der Waals surface area contributed by atoms with E-state index in [2.05, 4.69) is 32.7 Å². The van der Waals surface area contributed by atoms with E-state index in [0.29, 0.717) is 25.1 Å². The molecule has 1 aliphatic rings. The van der Waals surface area contributed by atoms with Crippen molar-refractivity contribution >= 4 is 50.8 Å². The van der Waals surface area contributed by atoms with Crippen LogP contribution in [0.5, 0.6) is 0 Å². The summed E-state index contributed by atoms with van der Waals surface area (Å²) in [5.74, 6) is 0.617. The van der Waals surface area contributed by atoms with E-state index in [-0.39, 0.29) is 11.8 Å². The SMILES string of the molecule is CSCCC(NC(=O)c1ccccc1Br)C(=O)N1CCc2sccc2C1. The summed E-state index contributed by atoms with van der Waals surface area (Å²) < 4.78 is 0.731. The molecule has 0 saturated heterocycles. The number of fused-ring (bicyclic) bond motifs is 1. The molecule has 3 rings (SSSR count). The van der Waals surface area contributed by atoms with Gasteiger partial charge in [-0.3, -0.25) is 9.59 Å². The van der Waals surface area contributed by atoms with Gasteiger partial charge in [0.25, 0.3) is 5.91 Å². The standard InChI is InChI=1S/C19H21BrN2O2S2/c1-25-10-8-16(21-18(23)14-4-2-3-5-15(14)20)19(24)22-9-6-17-13(12-22)7-11-26-17/h2-5,7,11,16H,6,8-10,12H2,1H3,(H,21,23). The molecule has 1 aromatic heterocycles. The average Bonchev–Trinajstić information content (AvgIpc) is 3.12. The molecular formula is C19H21BrN2O2S2. The Morgan fingerprint density at radius 2 is 2.15 bits per heavy atom. The highest BCUT2D eigenvalue weighted by Crippen LogP contribution is 2.25. The Morgan fingerprint density at radius 1 is 1.35 bits per heavy atom. The number of hydrogen-bond donors (Lipinski definition) is 1. The minimum absolute atomic E-state index is 0.0105. The Labute approximate surface area is 170 Å². The van der Waals surface area contributed by atoms with E-state index in [4.69, 9.17) is 0 Å². The number of halogens is 1. The maximum absolute atomic E-state index is 13.1. The van der Waals surface area contributed by atoms with Crippen molar-refractivity contribution in [2.45, 2.75) is 25.4 Å². The Hall–Kier alpha value is -1.31. The summed E-state index contributed by atoms with van der Waals surface area (Å²) in [6.45, 7) is 1.35. The Balaban J connectivity index is 1.72. The zero-order valence-corrected chi connectivity index (χ0v) is 17.8. The van der Waals surface area contributed by atoms with Crippen molar-refractivity contribution in [3.8, 4) is 0 Å². The highest BCUT2D eigenvalue weighted by molar-refractivity contribution is 9.10. The van der Waals surface area contributed by atoms with Gasteiger partial charge in [-0.2, -0.15) is 11.8 Å². The van der Waals surface area contributed by atoms with Crippen LogP contribution in [0.3, 0.4) is 0 Å². The lowest BCUT2D eigenvalue weighted by molar-refractivity contribution is -0.134. The molecule has 1 N–H and O–H groups in total.